The van der Waals surface area contributed by atoms with Crippen molar-refractivity contribution in [2.45, 2.75) is 76.6 Å². The van der Waals surface area contributed by atoms with E-state index in [9.17, 15) is 9.90 Å². The number of amidine groups is 1. The first-order chi connectivity index (χ1) is 12.9. The second-order valence-corrected chi connectivity index (χ2v) is 9.26. The zero-order valence-corrected chi connectivity index (χ0v) is 16.7. The predicted molar refractivity (Wildman–Crippen MR) is 103 cm³/mol. The second kappa shape index (κ2) is 5.63. The van der Waals surface area contributed by atoms with Crippen LogP contribution < -0.4 is 5.32 Å². The molecule has 6 rings (SSSR count). The summed E-state index contributed by atoms with van der Waals surface area (Å²) >= 11 is 0. The average Bonchev–Trinajstić information content (AvgIpc) is 3.21. The van der Waals surface area contributed by atoms with Gasteiger partial charge in [-0.3, -0.25) is 14.8 Å². The molecular weight excluding hydrogens is 342 g/mol. The predicted octanol–water partition coefficient (Wildman–Crippen LogP) is 2.05. The molecule has 0 radical (unpaired) electrons. The summed E-state index contributed by atoms with van der Waals surface area (Å²) in [5.41, 5.74) is 0.756. The third kappa shape index (κ3) is 2.24. The zero-order chi connectivity index (χ0) is 19.0. The third-order valence-electron chi connectivity index (χ3n) is 7.61. The SMILES string of the molecule is CCCN1C(=O)N2C(=NCC2C)C2=C1N(C)C(C13CCC(O)(CC1)CC3)N2. The summed E-state index contributed by atoms with van der Waals surface area (Å²) in [6.45, 7) is 5.58. The summed E-state index contributed by atoms with van der Waals surface area (Å²) in [5, 5.41) is 14.4. The van der Waals surface area contributed by atoms with Gasteiger partial charge in [-0.1, -0.05) is 6.92 Å². The first-order valence-corrected chi connectivity index (χ1v) is 10.5. The van der Waals surface area contributed by atoms with Gasteiger partial charge in [0.25, 0.3) is 0 Å². The van der Waals surface area contributed by atoms with Crippen molar-refractivity contribution in [3.63, 3.8) is 0 Å². The minimum Gasteiger partial charge on any atom is -0.390 e. The Labute approximate surface area is 161 Å². The average molecular weight is 374 g/mol. The number of hydrogen-bond donors (Lipinski definition) is 2. The number of carbonyl (C=O) groups is 1. The Balaban J connectivity index is 1.51. The van der Waals surface area contributed by atoms with Crippen molar-refractivity contribution in [1.82, 2.24) is 20.0 Å². The van der Waals surface area contributed by atoms with Crippen molar-refractivity contribution in [1.29, 1.82) is 0 Å². The van der Waals surface area contributed by atoms with Gasteiger partial charge in [-0.05, 0) is 51.9 Å². The molecule has 6 aliphatic rings. The molecule has 3 aliphatic heterocycles. The summed E-state index contributed by atoms with van der Waals surface area (Å²) in [6, 6.07) is 0.178. The van der Waals surface area contributed by atoms with Gasteiger partial charge in [0.1, 0.15) is 17.7 Å². The van der Waals surface area contributed by atoms with Gasteiger partial charge < -0.3 is 15.3 Å². The minimum absolute atomic E-state index is 0.0628. The normalized spacial score (nSPS) is 40.4. The van der Waals surface area contributed by atoms with Crippen LogP contribution in [0.5, 0.6) is 0 Å². The summed E-state index contributed by atoms with van der Waals surface area (Å²) in [7, 11) is 2.12. The number of nitrogens with zero attached hydrogens (tertiary/aromatic N) is 4. The summed E-state index contributed by atoms with van der Waals surface area (Å²) in [4.78, 5) is 24.1. The molecule has 0 aromatic carbocycles. The fourth-order valence-corrected chi connectivity index (χ4v) is 5.97. The lowest BCUT2D eigenvalue weighted by Crippen LogP contribution is -2.58. The molecule has 2 amide bonds. The van der Waals surface area contributed by atoms with Gasteiger partial charge in [0.2, 0.25) is 0 Å². The first-order valence-electron chi connectivity index (χ1n) is 10.5. The first kappa shape index (κ1) is 17.3. The van der Waals surface area contributed by atoms with Crippen LogP contribution in [0, 0.1) is 5.41 Å². The van der Waals surface area contributed by atoms with E-state index in [0.29, 0.717) is 6.54 Å². The van der Waals surface area contributed by atoms with Crippen LogP contribution in [0.2, 0.25) is 0 Å². The minimum atomic E-state index is -0.433. The second-order valence-electron chi connectivity index (χ2n) is 9.26. The van der Waals surface area contributed by atoms with Crippen molar-refractivity contribution >= 4 is 11.9 Å². The molecule has 7 heteroatoms. The molecule has 2 unspecified atom stereocenters. The van der Waals surface area contributed by atoms with E-state index in [4.69, 9.17) is 4.99 Å². The molecule has 2 atom stereocenters. The number of hydrogen-bond acceptors (Lipinski definition) is 5. The summed E-state index contributed by atoms with van der Waals surface area (Å²) < 4.78 is 0. The molecule has 3 saturated carbocycles. The number of aliphatic hydroxyl groups is 1. The molecule has 148 valence electrons. The van der Waals surface area contributed by atoms with Gasteiger partial charge in [-0.2, -0.15) is 0 Å². The Morgan fingerprint density at radius 2 is 1.89 bits per heavy atom. The van der Waals surface area contributed by atoms with E-state index < -0.39 is 5.60 Å². The number of fused-ring (bicyclic) bond motifs is 5. The van der Waals surface area contributed by atoms with Crippen LogP contribution in [0.4, 0.5) is 4.79 Å². The lowest BCUT2D eigenvalue weighted by atomic mass is 9.57. The van der Waals surface area contributed by atoms with Crippen LogP contribution >= 0.6 is 0 Å². The van der Waals surface area contributed by atoms with Crippen LogP contribution in [0.3, 0.4) is 0 Å². The Kier molecular flexibility index (Phi) is 3.61. The highest BCUT2D eigenvalue weighted by molar-refractivity contribution is 6.11. The standard InChI is InChI=1S/C20H31N5O2/c1-4-11-24-16-14(15-21-12-13(2)25(15)18(24)26)22-17(23(16)3)19-5-8-20(27,9-6-19)10-7-19/h13,17,22,27H,4-12H2,1-3H3. The van der Waals surface area contributed by atoms with E-state index in [1.807, 2.05) is 9.80 Å². The largest absolute Gasteiger partial charge is 0.390 e. The Hall–Kier alpha value is -1.76. The van der Waals surface area contributed by atoms with Gasteiger partial charge in [-0.15, -0.1) is 0 Å². The number of urea groups is 1. The molecule has 2 bridgehead atoms. The molecule has 0 spiro atoms. The Bertz CT molecular complexity index is 720. The van der Waals surface area contributed by atoms with Crippen LogP contribution in [0.1, 0.15) is 58.8 Å². The van der Waals surface area contributed by atoms with Crippen molar-refractivity contribution in [3.05, 3.63) is 11.5 Å². The molecule has 3 aliphatic carbocycles. The highest BCUT2D eigenvalue weighted by Gasteiger charge is 2.57. The summed E-state index contributed by atoms with van der Waals surface area (Å²) in [5.74, 6) is 1.82. The number of carbonyl (C=O) groups excluding carboxylic acids is 1. The van der Waals surface area contributed by atoms with Crippen molar-refractivity contribution in [2.24, 2.45) is 10.4 Å². The van der Waals surface area contributed by atoms with Gasteiger partial charge in [0.15, 0.2) is 5.84 Å². The molecule has 0 saturated heterocycles. The molecule has 2 N–H and O–H groups in total. The maximum atomic E-state index is 13.2. The van der Waals surface area contributed by atoms with Gasteiger partial charge >= 0.3 is 6.03 Å². The van der Waals surface area contributed by atoms with E-state index >= 15 is 0 Å². The van der Waals surface area contributed by atoms with E-state index in [0.717, 1.165) is 68.8 Å². The maximum absolute atomic E-state index is 13.2. The molecule has 27 heavy (non-hydrogen) atoms. The quantitative estimate of drug-likeness (QED) is 0.794. The van der Waals surface area contributed by atoms with E-state index in [-0.39, 0.29) is 23.7 Å². The third-order valence-corrected chi connectivity index (χ3v) is 7.61. The van der Waals surface area contributed by atoms with Crippen LogP contribution in [0.25, 0.3) is 0 Å². The monoisotopic (exact) mass is 373 g/mol. The fraction of sp³-hybridized carbons (Fsp3) is 0.800. The van der Waals surface area contributed by atoms with Crippen LogP contribution in [0.15, 0.2) is 16.5 Å². The van der Waals surface area contributed by atoms with Crippen molar-refractivity contribution in [3.8, 4) is 0 Å². The van der Waals surface area contributed by atoms with Crippen LogP contribution in [-0.2, 0) is 0 Å². The molecular formula is C20H31N5O2. The Morgan fingerprint density at radius 3 is 2.52 bits per heavy atom. The number of rotatable bonds is 3. The maximum Gasteiger partial charge on any atom is 0.331 e. The summed E-state index contributed by atoms with van der Waals surface area (Å²) in [6.07, 6.45) is 6.90. The van der Waals surface area contributed by atoms with Crippen molar-refractivity contribution < 1.29 is 9.90 Å². The number of aliphatic imine (C=N–C) groups is 1. The van der Waals surface area contributed by atoms with Gasteiger partial charge in [-0.25, -0.2) is 4.79 Å². The van der Waals surface area contributed by atoms with E-state index in [1.54, 1.807) is 0 Å². The fourth-order valence-electron chi connectivity index (χ4n) is 5.97. The van der Waals surface area contributed by atoms with E-state index in [1.165, 1.54) is 0 Å². The van der Waals surface area contributed by atoms with Gasteiger partial charge in [0, 0.05) is 19.0 Å². The highest BCUT2D eigenvalue weighted by Crippen LogP contribution is 2.56. The molecule has 3 fully saturated rings. The molecule has 3 heterocycles. The topological polar surface area (TPSA) is 71.4 Å². The number of amides is 2. The number of nitrogens with one attached hydrogen (secondary N) is 1. The molecule has 0 aromatic heterocycles. The van der Waals surface area contributed by atoms with E-state index in [2.05, 4.69) is 31.1 Å². The zero-order valence-electron chi connectivity index (χ0n) is 16.7. The van der Waals surface area contributed by atoms with Crippen molar-refractivity contribution in [2.75, 3.05) is 20.1 Å². The molecule has 7 nitrogen and oxygen atoms in total. The highest BCUT2D eigenvalue weighted by atomic mass is 16.3. The van der Waals surface area contributed by atoms with Crippen LogP contribution in [-0.4, -0.2) is 69.6 Å². The Morgan fingerprint density at radius 1 is 1.22 bits per heavy atom. The van der Waals surface area contributed by atoms with Gasteiger partial charge in [0.05, 0.1) is 18.2 Å². The molecule has 0 aromatic rings. The lowest BCUT2D eigenvalue weighted by Gasteiger charge is -2.55. The lowest BCUT2D eigenvalue weighted by molar-refractivity contribution is -0.116. The smallest absolute Gasteiger partial charge is 0.331 e.